The number of nitrogens with zero attached hydrogens (tertiary/aromatic N) is 1. The van der Waals surface area contributed by atoms with Crippen molar-refractivity contribution < 1.29 is 4.79 Å². The van der Waals surface area contributed by atoms with Gasteiger partial charge in [0.25, 0.3) is 0 Å². The topological polar surface area (TPSA) is 32.3 Å². The van der Waals surface area contributed by atoms with Gasteiger partial charge in [-0.25, -0.2) is 0 Å². The Balaban J connectivity index is 1.86. The molecule has 1 aliphatic rings. The standard InChI is InChI=1S/C15H18N2O/c1-2-13-7-6-8-14(11-13)16-12-15(18)17-9-4-3-5-10-17/h1,6-8,11,16H,3-5,9-10,12H2. The minimum Gasteiger partial charge on any atom is -0.376 e. The molecule has 0 unspecified atom stereocenters. The van der Waals surface area contributed by atoms with Gasteiger partial charge in [-0.1, -0.05) is 12.0 Å². The first-order valence-corrected chi connectivity index (χ1v) is 6.38. The second kappa shape index (κ2) is 6.11. The molecule has 1 aromatic carbocycles. The van der Waals surface area contributed by atoms with Gasteiger partial charge in [-0.2, -0.15) is 0 Å². The summed E-state index contributed by atoms with van der Waals surface area (Å²) in [4.78, 5) is 13.9. The molecule has 1 amide bonds. The molecule has 3 heteroatoms. The van der Waals surface area contributed by atoms with Crippen LogP contribution in [-0.2, 0) is 4.79 Å². The largest absolute Gasteiger partial charge is 0.376 e. The second-order valence-corrected chi connectivity index (χ2v) is 4.52. The van der Waals surface area contributed by atoms with Crippen molar-refractivity contribution in [2.45, 2.75) is 19.3 Å². The van der Waals surface area contributed by atoms with Crippen LogP contribution in [0.4, 0.5) is 5.69 Å². The Morgan fingerprint density at radius 3 is 2.83 bits per heavy atom. The number of carbonyl (C=O) groups is 1. The van der Waals surface area contributed by atoms with E-state index < -0.39 is 0 Å². The van der Waals surface area contributed by atoms with E-state index in [2.05, 4.69) is 11.2 Å². The van der Waals surface area contributed by atoms with Gasteiger partial charge in [0.15, 0.2) is 0 Å². The van der Waals surface area contributed by atoms with Gasteiger partial charge in [-0.3, -0.25) is 4.79 Å². The number of hydrogen-bond acceptors (Lipinski definition) is 2. The van der Waals surface area contributed by atoms with E-state index in [4.69, 9.17) is 6.42 Å². The Kier molecular flexibility index (Phi) is 4.25. The average Bonchev–Trinajstić information content (AvgIpc) is 2.46. The Morgan fingerprint density at radius 2 is 2.11 bits per heavy atom. The van der Waals surface area contributed by atoms with Gasteiger partial charge in [0.2, 0.25) is 5.91 Å². The fourth-order valence-electron chi connectivity index (χ4n) is 2.15. The molecule has 18 heavy (non-hydrogen) atoms. The molecule has 3 nitrogen and oxygen atoms in total. The summed E-state index contributed by atoms with van der Waals surface area (Å²) in [5, 5.41) is 3.13. The van der Waals surface area contributed by atoms with Crippen LogP contribution in [0.15, 0.2) is 24.3 Å². The third kappa shape index (κ3) is 3.27. The average molecular weight is 242 g/mol. The van der Waals surface area contributed by atoms with E-state index in [0.717, 1.165) is 37.2 Å². The second-order valence-electron chi connectivity index (χ2n) is 4.52. The van der Waals surface area contributed by atoms with E-state index in [9.17, 15) is 4.79 Å². The first-order valence-electron chi connectivity index (χ1n) is 6.38. The number of hydrogen-bond donors (Lipinski definition) is 1. The van der Waals surface area contributed by atoms with Gasteiger partial charge < -0.3 is 10.2 Å². The minimum atomic E-state index is 0.167. The fourth-order valence-corrected chi connectivity index (χ4v) is 2.15. The number of carbonyl (C=O) groups excluding carboxylic acids is 1. The van der Waals surface area contributed by atoms with Crippen LogP contribution in [0.5, 0.6) is 0 Å². The third-order valence-corrected chi connectivity index (χ3v) is 3.18. The van der Waals surface area contributed by atoms with Gasteiger partial charge in [-0.15, -0.1) is 6.42 Å². The van der Waals surface area contributed by atoms with E-state index in [1.54, 1.807) is 0 Å². The van der Waals surface area contributed by atoms with E-state index in [1.165, 1.54) is 6.42 Å². The highest BCUT2D eigenvalue weighted by Crippen LogP contribution is 2.11. The summed E-state index contributed by atoms with van der Waals surface area (Å²) in [7, 11) is 0. The Labute approximate surface area is 108 Å². The molecule has 94 valence electrons. The van der Waals surface area contributed by atoms with Gasteiger partial charge in [0, 0.05) is 24.3 Å². The minimum absolute atomic E-state index is 0.167. The molecule has 1 N–H and O–H groups in total. The molecule has 1 fully saturated rings. The van der Waals surface area contributed by atoms with Crippen LogP contribution < -0.4 is 5.32 Å². The van der Waals surface area contributed by atoms with Gasteiger partial charge in [0.05, 0.1) is 6.54 Å². The number of amides is 1. The molecule has 0 saturated carbocycles. The first-order chi connectivity index (χ1) is 8.79. The molecular formula is C15H18N2O. The molecule has 0 bridgehead atoms. The molecule has 0 atom stereocenters. The lowest BCUT2D eigenvalue weighted by molar-refractivity contribution is -0.130. The van der Waals surface area contributed by atoms with Crippen molar-refractivity contribution in [3.8, 4) is 12.3 Å². The van der Waals surface area contributed by atoms with E-state index >= 15 is 0 Å². The van der Waals surface area contributed by atoms with Crippen LogP contribution in [-0.4, -0.2) is 30.4 Å². The Morgan fingerprint density at radius 1 is 1.33 bits per heavy atom. The lowest BCUT2D eigenvalue weighted by Crippen LogP contribution is -2.39. The van der Waals surface area contributed by atoms with E-state index in [1.807, 2.05) is 29.2 Å². The van der Waals surface area contributed by atoms with Gasteiger partial charge in [0.1, 0.15) is 0 Å². The first kappa shape index (κ1) is 12.5. The van der Waals surface area contributed by atoms with E-state index in [0.29, 0.717) is 6.54 Å². The number of rotatable bonds is 3. The highest BCUT2D eigenvalue weighted by atomic mass is 16.2. The molecule has 0 radical (unpaired) electrons. The molecule has 2 rings (SSSR count). The number of piperidine rings is 1. The third-order valence-electron chi connectivity index (χ3n) is 3.18. The van der Waals surface area contributed by atoms with Crippen molar-refractivity contribution in [2.24, 2.45) is 0 Å². The van der Waals surface area contributed by atoms with Crippen LogP contribution in [0.25, 0.3) is 0 Å². The summed E-state index contributed by atoms with van der Waals surface area (Å²) in [5.41, 5.74) is 1.72. The van der Waals surface area contributed by atoms with Crippen LogP contribution in [0.3, 0.4) is 0 Å². The summed E-state index contributed by atoms with van der Waals surface area (Å²) < 4.78 is 0. The summed E-state index contributed by atoms with van der Waals surface area (Å²) in [6.07, 6.45) is 8.82. The number of nitrogens with one attached hydrogen (secondary N) is 1. The lowest BCUT2D eigenvalue weighted by Gasteiger charge is -2.26. The summed E-state index contributed by atoms with van der Waals surface area (Å²) in [6, 6.07) is 7.56. The zero-order valence-electron chi connectivity index (χ0n) is 10.5. The molecule has 0 aliphatic carbocycles. The van der Waals surface area contributed by atoms with E-state index in [-0.39, 0.29) is 5.91 Å². The van der Waals surface area contributed by atoms with Crippen LogP contribution in [0, 0.1) is 12.3 Å². The molecule has 0 spiro atoms. The van der Waals surface area contributed by atoms with Gasteiger partial charge in [-0.05, 0) is 37.5 Å². The van der Waals surface area contributed by atoms with Crippen LogP contribution in [0.2, 0.25) is 0 Å². The highest BCUT2D eigenvalue weighted by Gasteiger charge is 2.15. The number of benzene rings is 1. The van der Waals surface area contributed by atoms with Crippen molar-refractivity contribution in [1.82, 2.24) is 4.90 Å². The van der Waals surface area contributed by atoms with Crippen molar-refractivity contribution >= 4 is 11.6 Å². The molecule has 0 aromatic heterocycles. The summed E-state index contributed by atoms with van der Waals surface area (Å²) in [5.74, 6) is 2.75. The normalized spacial score (nSPS) is 14.9. The van der Waals surface area contributed by atoms with Crippen molar-refractivity contribution in [1.29, 1.82) is 0 Å². The molecule has 1 saturated heterocycles. The number of likely N-dealkylation sites (tertiary alicyclic amines) is 1. The van der Waals surface area contributed by atoms with Crippen molar-refractivity contribution in [3.05, 3.63) is 29.8 Å². The zero-order chi connectivity index (χ0) is 12.8. The molecular weight excluding hydrogens is 224 g/mol. The van der Waals surface area contributed by atoms with Crippen LogP contribution >= 0.6 is 0 Å². The predicted molar refractivity (Wildman–Crippen MR) is 73.3 cm³/mol. The number of anilines is 1. The van der Waals surface area contributed by atoms with Crippen molar-refractivity contribution in [2.75, 3.05) is 25.0 Å². The zero-order valence-corrected chi connectivity index (χ0v) is 10.5. The smallest absolute Gasteiger partial charge is 0.241 e. The van der Waals surface area contributed by atoms with Crippen LogP contribution in [0.1, 0.15) is 24.8 Å². The maximum atomic E-state index is 11.9. The quantitative estimate of drug-likeness (QED) is 0.823. The molecule has 1 aliphatic heterocycles. The highest BCUT2D eigenvalue weighted by molar-refractivity contribution is 5.81. The summed E-state index contributed by atoms with van der Waals surface area (Å²) >= 11 is 0. The Hall–Kier alpha value is -1.95. The van der Waals surface area contributed by atoms with Gasteiger partial charge >= 0.3 is 0 Å². The van der Waals surface area contributed by atoms with Crippen molar-refractivity contribution in [3.63, 3.8) is 0 Å². The predicted octanol–water partition coefficient (Wildman–Crippen LogP) is 2.09. The maximum absolute atomic E-state index is 11.9. The summed E-state index contributed by atoms with van der Waals surface area (Å²) in [6.45, 7) is 2.13. The monoisotopic (exact) mass is 242 g/mol. The SMILES string of the molecule is C#Cc1cccc(NCC(=O)N2CCCCC2)c1. The molecule has 1 heterocycles. The number of terminal acetylenes is 1. The maximum Gasteiger partial charge on any atom is 0.241 e. The lowest BCUT2D eigenvalue weighted by atomic mass is 10.1. The Bertz CT molecular complexity index is 456. The fraction of sp³-hybridized carbons (Fsp3) is 0.400. The molecule has 1 aromatic rings.